The van der Waals surface area contributed by atoms with Gasteiger partial charge in [0, 0.05) is 22.2 Å². The molecular formula is C22H16Cl2F6N6O2. The van der Waals surface area contributed by atoms with Gasteiger partial charge >= 0.3 is 18.0 Å². The van der Waals surface area contributed by atoms with Gasteiger partial charge in [-0.2, -0.15) is 26.3 Å². The highest BCUT2D eigenvalue weighted by Gasteiger charge is 2.43. The van der Waals surface area contributed by atoms with Gasteiger partial charge in [0.25, 0.3) is 0 Å². The van der Waals surface area contributed by atoms with E-state index in [1.54, 1.807) is 0 Å². The fourth-order valence-corrected chi connectivity index (χ4v) is 3.80. The van der Waals surface area contributed by atoms with Gasteiger partial charge in [-0.3, -0.25) is 4.57 Å². The highest BCUT2D eigenvalue weighted by molar-refractivity contribution is 6.31. The lowest BCUT2D eigenvalue weighted by Gasteiger charge is -2.14. The molecule has 0 saturated carbocycles. The van der Waals surface area contributed by atoms with E-state index in [2.05, 4.69) is 15.2 Å². The molecule has 0 aliphatic carbocycles. The van der Waals surface area contributed by atoms with E-state index >= 15 is 0 Å². The molecule has 4 rings (SSSR count). The Hall–Kier alpha value is -3.36. The van der Waals surface area contributed by atoms with Gasteiger partial charge in [0.2, 0.25) is 6.10 Å². The largest absolute Gasteiger partial charge is 0.421 e. The van der Waals surface area contributed by atoms with Crippen molar-refractivity contribution in [3.8, 4) is 17.1 Å². The average molecular weight is 581 g/mol. The van der Waals surface area contributed by atoms with Crippen LogP contribution < -0.4 is 5.69 Å². The van der Waals surface area contributed by atoms with Crippen LogP contribution in [0.2, 0.25) is 10.0 Å². The van der Waals surface area contributed by atoms with Crippen LogP contribution in [0.1, 0.15) is 24.2 Å². The summed E-state index contributed by atoms with van der Waals surface area (Å²) in [5, 5.41) is 18.5. The van der Waals surface area contributed by atoms with Gasteiger partial charge in [-0.05, 0) is 42.5 Å². The maximum Gasteiger partial charge on any atom is 0.421 e. The van der Waals surface area contributed by atoms with E-state index < -0.39 is 49.5 Å². The maximum absolute atomic E-state index is 13.3. The number of hydrogen-bond acceptors (Lipinski definition) is 5. The molecule has 202 valence electrons. The molecule has 0 aliphatic heterocycles. The predicted molar refractivity (Wildman–Crippen MR) is 124 cm³/mol. The van der Waals surface area contributed by atoms with Crippen LogP contribution >= 0.6 is 23.2 Å². The number of halogens is 8. The van der Waals surface area contributed by atoms with Crippen LogP contribution in [-0.4, -0.2) is 46.6 Å². The van der Waals surface area contributed by atoms with Crippen molar-refractivity contribution < 1.29 is 31.4 Å². The van der Waals surface area contributed by atoms with Gasteiger partial charge in [-0.25, -0.2) is 19.1 Å². The molecule has 0 aliphatic rings. The van der Waals surface area contributed by atoms with E-state index in [1.165, 1.54) is 48.5 Å². The van der Waals surface area contributed by atoms with Crippen molar-refractivity contribution in [2.24, 2.45) is 0 Å². The lowest BCUT2D eigenvalue weighted by atomic mass is 10.2. The number of aliphatic hydroxyl groups excluding tert-OH is 1. The molecule has 1 unspecified atom stereocenters. The van der Waals surface area contributed by atoms with Crippen LogP contribution in [0.3, 0.4) is 0 Å². The van der Waals surface area contributed by atoms with Crippen LogP contribution in [0.15, 0.2) is 53.3 Å². The Morgan fingerprint density at radius 1 is 0.947 bits per heavy atom. The van der Waals surface area contributed by atoms with Gasteiger partial charge in [-0.1, -0.05) is 29.3 Å². The number of nitrogens with zero attached hydrogens (tertiary/aromatic N) is 6. The molecule has 0 fully saturated rings. The second kappa shape index (κ2) is 10.4. The average Bonchev–Trinajstić information content (AvgIpc) is 3.38. The van der Waals surface area contributed by atoms with Crippen molar-refractivity contribution in [1.29, 1.82) is 0 Å². The summed E-state index contributed by atoms with van der Waals surface area (Å²) in [6.07, 6.45) is -14.0. The lowest BCUT2D eigenvalue weighted by molar-refractivity contribution is -0.209. The summed E-state index contributed by atoms with van der Waals surface area (Å²) in [5.74, 6) is -1.40. The zero-order chi connectivity index (χ0) is 27.8. The molecule has 2 aromatic heterocycles. The van der Waals surface area contributed by atoms with Crippen LogP contribution in [0.5, 0.6) is 0 Å². The van der Waals surface area contributed by atoms with E-state index in [9.17, 15) is 36.2 Å². The smallest absolute Gasteiger partial charge is 0.377 e. The molecule has 1 N–H and O–H groups in total. The minimum Gasteiger partial charge on any atom is -0.377 e. The molecule has 1 atom stereocenters. The van der Waals surface area contributed by atoms with Crippen LogP contribution in [0, 0.1) is 0 Å². The van der Waals surface area contributed by atoms with Gasteiger partial charge in [0.15, 0.2) is 17.5 Å². The quantitative estimate of drug-likeness (QED) is 0.304. The summed E-state index contributed by atoms with van der Waals surface area (Å²) in [7, 11) is 0. The first-order valence-electron chi connectivity index (χ1n) is 10.7. The molecule has 38 heavy (non-hydrogen) atoms. The second-order valence-electron chi connectivity index (χ2n) is 8.01. The van der Waals surface area contributed by atoms with Crippen LogP contribution in [0.4, 0.5) is 26.3 Å². The van der Waals surface area contributed by atoms with Crippen molar-refractivity contribution in [3.63, 3.8) is 0 Å². The second-order valence-corrected chi connectivity index (χ2v) is 8.88. The summed E-state index contributed by atoms with van der Waals surface area (Å²) in [5.41, 5.74) is -0.659. The summed E-state index contributed by atoms with van der Waals surface area (Å²) in [4.78, 5) is 16.8. The molecule has 8 nitrogen and oxygen atoms in total. The standard InChI is InChI=1S/C22H16Cl2F6N6O2/c23-13-6-4-12(5-7-13)18-33-35(20(38)34(18)9-8-21(25,26)27)11-16-31-19(17(37)22(28,29)30)36(32-16)15-3-1-2-14(24)10-15/h1-7,10,17,37H,8-9,11H2. The molecule has 4 aromatic rings. The number of benzene rings is 2. The van der Waals surface area contributed by atoms with Crippen LogP contribution in [0.25, 0.3) is 17.1 Å². The fraction of sp³-hybridized carbons (Fsp3) is 0.273. The van der Waals surface area contributed by atoms with E-state index in [0.29, 0.717) is 9.70 Å². The van der Waals surface area contributed by atoms with Gasteiger partial charge in [0.1, 0.15) is 6.54 Å². The Labute approximate surface area is 219 Å². The third-order valence-electron chi connectivity index (χ3n) is 5.22. The maximum atomic E-state index is 13.3. The minimum absolute atomic E-state index is 0.0412. The van der Waals surface area contributed by atoms with Crippen molar-refractivity contribution >= 4 is 23.2 Å². The van der Waals surface area contributed by atoms with Crippen molar-refractivity contribution in [2.45, 2.75) is 38.0 Å². The topological polar surface area (TPSA) is 90.8 Å². The Bertz CT molecular complexity index is 1490. The molecule has 2 aromatic carbocycles. The van der Waals surface area contributed by atoms with Crippen LogP contribution in [-0.2, 0) is 13.1 Å². The summed E-state index contributed by atoms with van der Waals surface area (Å²) < 4.78 is 81.0. The highest BCUT2D eigenvalue weighted by atomic mass is 35.5. The molecule has 2 heterocycles. The van der Waals surface area contributed by atoms with E-state index in [-0.39, 0.29) is 27.9 Å². The molecule has 0 saturated heterocycles. The molecule has 0 bridgehead atoms. The summed E-state index contributed by atoms with van der Waals surface area (Å²) in [6.45, 7) is -1.37. The number of hydrogen-bond donors (Lipinski definition) is 1. The molecule has 0 amide bonds. The van der Waals surface area contributed by atoms with Gasteiger partial charge in [-0.15, -0.1) is 10.2 Å². The normalized spacial score (nSPS) is 13.2. The molecule has 16 heteroatoms. The molecular weight excluding hydrogens is 565 g/mol. The Morgan fingerprint density at radius 3 is 2.24 bits per heavy atom. The number of rotatable bonds is 7. The Kier molecular flexibility index (Phi) is 7.59. The number of aliphatic hydroxyl groups is 1. The monoisotopic (exact) mass is 580 g/mol. The van der Waals surface area contributed by atoms with Crippen molar-refractivity contribution in [1.82, 2.24) is 29.1 Å². The summed E-state index contributed by atoms with van der Waals surface area (Å²) in [6, 6.07) is 11.4. The van der Waals surface area contributed by atoms with E-state index in [0.717, 1.165) is 9.25 Å². The fourth-order valence-electron chi connectivity index (χ4n) is 3.49. The first kappa shape index (κ1) is 27.7. The zero-order valence-electron chi connectivity index (χ0n) is 18.9. The van der Waals surface area contributed by atoms with E-state index in [1.807, 2.05) is 0 Å². The number of aromatic nitrogens is 6. The highest BCUT2D eigenvalue weighted by Crippen LogP contribution is 2.33. The minimum atomic E-state index is -5.10. The third-order valence-corrected chi connectivity index (χ3v) is 5.71. The first-order chi connectivity index (χ1) is 17.7. The molecule has 0 radical (unpaired) electrons. The third kappa shape index (κ3) is 6.19. The van der Waals surface area contributed by atoms with Crippen molar-refractivity contribution in [3.05, 3.63) is 80.7 Å². The predicted octanol–water partition coefficient (Wildman–Crippen LogP) is 5.20. The van der Waals surface area contributed by atoms with E-state index in [4.69, 9.17) is 23.2 Å². The zero-order valence-corrected chi connectivity index (χ0v) is 20.4. The lowest BCUT2D eigenvalue weighted by Crippen LogP contribution is -2.27. The summed E-state index contributed by atoms with van der Waals surface area (Å²) >= 11 is 11.8. The SMILES string of the molecule is O=c1n(Cc2nc(C(O)C(F)(F)F)n(-c3cccc(Cl)c3)n2)nc(-c2ccc(Cl)cc2)n1CCC(F)(F)F. The van der Waals surface area contributed by atoms with Gasteiger partial charge < -0.3 is 5.11 Å². The Balaban J connectivity index is 1.78. The number of alkyl halides is 6. The van der Waals surface area contributed by atoms with Gasteiger partial charge in [0.05, 0.1) is 12.1 Å². The first-order valence-corrected chi connectivity index (χ1v) is 11.5. The Morgan fingerprint density at radius 2 is 1.63 bits per heavy atom. The molecule has 0 spiro atoms. The van der Waals surface area contributed by atoms with Crippen molar-refractivity contribution in [2.75, 3.05) is 0 Å².